The molecular formula is C8H4ClF3O2. The molecule has 0 radical (unpaired) electrons. The van der Waals surface area contributed by atoms with Gasteiger partial charge in [-0.2, -0.15) is 0 Å². The Balaban J connectivity index is 3.40. The normalized spacial score (nSPS) is 10.1. The molecule has 0 heterocycles. The van der Waals surface area contributed by atoms with Crippen molar-refractivity contribution in [1.29, 1.82) is 0 Å². The smallest absolute Gasteiger partial charge is 0.341 e. The van der Waals surface area contributed by atoms with Gasteiger partial charge in [0.2, 0.25) is 0 Å². The number of rotatable bonds is 1. The molecule has 0 bridgehead atoms. The van der Waals surface area contributed by atoms with Crippen molar-refractivity contribution in [2.24, 2.45) is 0 Å². The second kappa shape index (κ2) is 3.88. The highest BCUT2D eigenvalue weighted by Gasteiger charge is 2.21. The van der Waals surface area contributed by atoms with Crippen LogP contribution in [0.4, 0.5) is 13.2 Å². The molecule has 1 aromatic rings. The molecule has 0 aliphatic carbocycles. The first-order valence-corrected chi connectivity index (χ1v) is 3.78. The Morgan fingerprint density at radius 1 is 1.36 bits per heavy atom. The molecule has 0 amide bonds. The summed E-state index contributed by atoms with van der Waals surface area (Å²) in [5.74, 6) is -5.39. The Kier molecular flexibility index (Phi) is 3.00. The Hall–Kier alpha value is -1.23. The van der Waals surface area contributed by atoms with Gasteiger partial charge in [0.05, 0.1) is 12.7 Å². The molecule has 0 aliphatic heterocycles. The molecule has 0 fully saturated rings. The zero-order valence-corrected chi connectivity index (χ0v) is 7.66. The van der Waals surface area contributed by atoms with Crippen molar-refractivity contribution in [3.8, 4) is 0 Å². The van der Waals surface area contributed by atoms with Crippen LogP contribution in [0.5, 0.6) is 0 Å². The maximum atomic E-state index is 13.0. The van der Waals surface area contributed by atoms with Crippen LogP contribution < -0.4 is 0 Å². The molecule has 2 nitrogen and oxygen atoms in total. The molecule has 14 heavy (non-hydrogen) atoms. The van der Waals surface area contributed by atoms with Crippen LogP contribution in [0.25, 0.3) is 0 Å². The lowest BCUT2D eigenvalue weighted by Crippen LogP contribution is -2.07. The Morgan fingerprint density at radius 2 is 1.93 bits per heavy atom. The third kappa shape index (κ3) is 1.68. The maximum absolute atomic E-state index is 13.0. The lowest BCUT2D eigenvalue weighted by atomic mass is 10.2. The monoisotopic (exact) mass is 224 g/mol. The first-order chi connectivity index (χ1) is 6.49. The van der Waals surface area contributed by atoms with Crippen molar-refractivity contribution in [2.75, 3.05) is 7.11 Å². The Morgan fingerprint density at radius 3 is 2.43 bits per heavy atom. The average Bonchev–Trinajstić information content (AvgIpc) is 2.19. The Bertz CT molecular complexity index is 393. The summed E-state index contributed by atoms with van der Waals surface area (Å²) in [6, 6.07) is 0.391. The van der Waals surface area contributed by atoms with Gasteiger partial charge in [0.1, 0.15) is 5.02 Å². The number of benzene rings is 1. The van der Waals surface area contributed by atoms with Crippen LogP contribution in [-0.2, 0) is 4.74 Å². The summed E-state index contributed by atoms with van der Waals surface area (Å²) >= 11 is 5.09. The molecule has 76 valence electrons. The molecule has 0 unspecified atom stereocenters. The summed E-state index contributed by atoms with van der Waals surface area (Å²) in [6.45, 7) is 0. The Labute approximate surface area is 82.2 Å². The van der Waals surface area contributed by atoms with E-state index in [1.807, 2.05) is 0 Å². The van der Waals surface area contributed by atoms with Crippen LogP contribution >= 0.6 is 11.6 Å². The van der Waals surface area contributed by atoms with Gasteiger partial charge in [-0.25, -0.2) is 18.0 Å². The molecule has 1 aromatic carbocycles. The van der Waals surface area contributed by atoms with Crippen LogP contribution in [0.3, 0.4) is 0 Å². The fourth-order valence-corrected chi connectivity index (χ4v) is 1.02. The molecular weight excluding hydrogens is 221 g/mol. The summed E-state index contributed by atoms with van der Waals surface area (Å²) in [4.78, 5) is 10.8. The van der Waals surface area contributed by atoms with Crippen molar-refractivity contribution in [3.63, 3.8) is 0 Å². The minimum absolute atomic E-state index is 0.391. The van der Waals surface area contributed by atoms with E-state index in [-0.39, 0.29) is 0 Å². The fourth-order valence-electron chi connectivity index (χ4n) is 0.831. The standard InChI is InChI=1S/C8H4ClF3O2/c1-14-8(13)3-2-4(10)7(12)5(9)6(3)11/h2H,1H3. The average molecular weight is 225 g/mol. The number of esters is 1. The van der Waals surface area contributed by atoms with E-state index in [1.165, 1.54) is 0 Å². The minimum atomic E-state index is -1.53. The fraction of sp³-hybridized carbons (Fsp3) is 0.125. The van der Waals surface area contributed by atoms with Gasteiger partial charge in [0.25, 0.3) is 0 Å². The summed E-state index contributed by atoms with van der Waals surface area (Å²) in [7, 11) is 0.983. The van der Waals surface area contributed by atoms with Crippen LogP contribution in [-0.4, -0.2) is 13.1 Å². The topological polar surface area (TPSA) is 26.3 Å². The third-order valence-electron chi connectivity index (χ3n) is 1.51. The van der Waals surface area contributed by atoms with E-state index in [0.717, 1.165) is 7.11 Å². The zero-order valence-electron chi connectivity index (χ0n) is 6.91. The second-order valence-corrected chi connectivity index (χ2v) is 2.72. The molecule has 1 rings (SSSR count). The first-order valence-electron chi connectivity index (χ1n) is 3.40. The number of hydrogen-bond donors (Lipinski definition) is 0. The predicted molar refractivity (Wildman–Crippen MR) is 42.7 cm³/mol. The van der Waals surface area contributed by atoms with Crippen molar-refractivity contribution in [2.45, 2.75) is 0 Å². The molecule has 0 atom stereocenters. The zero-order chi connectivity index (χ0) is 10.9. The molecule has 0 saturated heterocycles. The van der Waals surface area contributed by atoms with Gasteiger partial charge >= 0.3 is 5.97 Å². The van der Waals surface area contributed by atoms with Gasteiger partial charge in [-0.15, -0.1) is 0 Å². The minimum Gasteiger partial charge on any atom is -0.465 e. The number of methoxy groups -OCH3 is 1. The highest BCUT2D eigenvalue weighted by molar-refractivity contribution is 6.31. The van der Waals surface area contributed by atoms with E-state index in [9.17, 15) is 18.0 Å². The van der Waals surface area contributed by atoms with Crippen LogP contribution in [0.15, 0.2) is 6.07 Å². The lowest BCUT2D eigenvalue weighted by molar-refractivity contribution is 0.0594. The SMILES string of the molecule is COC(=O)c1cc(F)c(F)c(Cl)c1F. The van der Waals surface area contributed by atoms with Crippen molar-refractivity contribution in [3.05, 3.63) is 34.1 Å². The van der Waals surface area contributed by atoms with E-state index < -0.39 is 34.0 Å². The number of ether oxygens (including phenoxy) is 1. The van der Waals surface area contributed by atoms with Crippen molar-refractivity contribution in [1.82, 2.24) is 0 Å². The second-order valence-electron chi connectivity index (χ2n) is 2.34. The highest BCUT2D eigenvalue weighted by Crippen LogP contribution is 2.24. The summed E-state index contributed by atoms with van der Waals surface area (Å²) in [5, 5.41) is -1.06. The van der Waals surface area contributed by atoms with E-state index in [4.69, 9.17) is 11.6 Å². The van der Waals surface area contributed by atoms with Crippen molar-refractivity contribution < 1.29 is 22.7 Å². The van der Waals surface area contributed by atoms with E-state index in [1.54, 1.807) is 0 Å². The van der Waals surface area contributed by atoms with Gasteiger partial charge in [0, 0.05) is 0 Å². The van der Waals surface area contributed by atoms with E-state index in [0.29, 0.717) is 6.07 Å². The highest BCUT2D eigenvalue weighted by atomic mass is 35.5. The van der Waals surface area contributed by atoms with Crippen molar-refractivity contribution >= 4 is 17.6 Å². The van der Waals surface area contributed by atoms with Crippen LogP contribution in [0, 0.1) is 17.5 Å². The van der Waals surface area contributed by atoms with Gasteiger partial charge in [-0.05, 0) is 6.07 Å². The van der Waals surface area contributed by atoms with Crippen LogP contribution in [0.2, 0.25) is 5.02 Å². The molecule has 0 aliphatic rings. The molecule has 0 aromatic heterocycles. The van der Waals surface area contributed by atoms with E-state index in [2.05, 4.69) is 4.74 Å². The lowest BCUT2D eigenvalue weighted by Gasteiger charge is -2.04. The third-order valence-corrected chi connectivity index (χ3v) is 1.84. The summed E-state index contributed by atoms with van der Waals surface area (Å²) < 4.78 is 42.5. The number of hydrogen-bond acceptors (Lipinski definition) is 2. The molecule has 6 heteroatoms. The predicted octanol–water partition coefficient (Wildman–Crippen LogP) is 2.54. The van der Waals surface area contributed by atoms with Gasteiger partial charge in [-0.3, -0.25) is 0 Å². The van der Waals surface area contributed by atoms with E-state index >= 15 is 0 Å². The van der Waals surface area contributed by atoms with Crippen LogP contribution in [0.1, 0.15) is 10.4 Å². The number of halogens is 4. The van der Waals surface area contributed by atoms with Gasteiger partial charge < -0.3 is 4.74 Å². The maximum Gasteiger partial charge on any atom is 0.341 e. The summed E-state index contributed by atoms with van der Waals surface area (Å²) in [5.41, 5.74) is -0.739. The number of carbonyl (C=O) groups is 1. The molecule has 0 N–H and O–H groups in total. The van der Waals surface area contributed by atoms with Gasteiger partial charge in [-0.1, -0.05) is 11.6 Å². The number of carbonyl (C=O) groups excluding carboxylic acids is 1. The summed E-state index contributed by atoms with van der Waals surface area (Å²) in [6.07, 6.45) is 0. The largest absolute Gasteiger partial charge is 0.465 e. The van der Waals surface area contributed by atoms with Gasteiger partial charge in [0.15, 0.2) is 17.5 Å². The molecule has 0 saturated carbocycles. The first kappa shape index (κ1) is 10.8. The quantitative estimate of drug-likeness (QED) is 0.416. The molecule has 0 spiro atoms.